The Morgan fingerprint density at radius 2 is 2.07 bits per heavy atom. The maximum absolute atomic E-state index is 12.5. The molecule has 1 aromatic heterocycles. The number of aryl methyl sites for hydroxylation is 1. The van der Waals surface area contributed by atoms with Gasteiger partial charge in [-0.2, -0.15) is 0 Å². The number of nitrogens with zero attached hydrogens (tertiary/aromatic N) is 1. The maximum Gasteiger partial charge on any atom is 0.311 e. The zero-order valence-corrected chi connectivity index (χ0v) is 16.2. The van der Waals surface area contributed by atoms with Crippen LogP contribution in [0.5, 0.6) is 5.75 Å². The van der Waals surface area contributed by atoms with Crippen molar-refractivity contribution in [2.24, 2.45) is 5.41 Å². The Kier molecular flexibility index (Phi) is 6.11. The van der Waals surface area contributed by atoms with E-state index in [0.717, 1.165) is 30.0 Å². The van der Waals surface area contributed by atoms with E-state index in [4.69, 9.17) is 4.74 Å². The largest absolute Gasteiger partial charge is 0.487 e. The number of rotatable bonds is 7. The number of carboxylic acid groups (broad SMARTS) is 1. The summed E-state index contributed by atoms with van der Waals surface area (Å²) in [4.78, 5) is 28.6. The summed E-state index contributed by atoms with van der Waals surface area (Å²) in [6, 6.07) is 6.91. The number of aliphatic carboxylic acids is 1. The highest BCUT2D eigenvalue weighted by Crippen LogP contribution is 2.36. The average Bonchev–Trinajstić information content (AvgIpc) is 3.10. The van der Waals surface area contributed by atoms with Gasteiger partial charge in [0.25, 0.3) is 5.91 Å². The van der Waals surface area contributed by atoms with Crippen molar-refractivity contribution in [3.63, 3.8) is 0 Å². The molecular formula is C20H24N2O4S. The molecule has 0 spiro atoms. The van der Waals surface area contributed by atoms with Crippen molar-refractivity contribution in [3.8, 4) is 5.75 Å². The Balaban J connectivity index is 1.60. The minimum Gasteiger partial charge on any atom is -0.487 e. The fraction of sp³-hybridized carbons (Fsp3) is 0.450. The molecule has 1 fully saturated rings. The number of carboxylic acids is 1. The van der Waals surface area contributed by atoms with Gasteiger partial charge in [-0.3, -0.25) is 9.59 Å². The Morgan fingerprint density at radius 1 is 1.30 bits per heavy atom. The van der Waals surface area contributed by atoms with Gasteiger partial charge in [0.2, 0.25) is 0 Å². The van der Waals surface area contributed by atoms with E-state index in [-0.39, 0.29) is 12.5 Å². The van der Waals surface area contributed by atoms with Gasteiger partial charge >= 0.3 is 5.97 Å². The lowest BCUT2D eigenvalue weighted by atomic mass is 9.74. The van der Waals surface area contributed by atoms with E-state index in [9.17, 15) is 14.7 Å². The smallest absolute Gasteiger partial charge is 0.311 e. The number of hydrogen-bond acceptors (Lipinski definition) is 5. The summed E-state index contributed by atoms with van der Waals surface area (Å²) in [5, 5.41) is 15.4. The van der Waals surface area contributed by atoms with E-state index >= 15 is 0 Å². The van der Waals surface area contributed by atoms with E-state index < -0.39 is 11.4 Å². The predicted molar refractivity (Wildman–Crippen MR) is 103 cm³/mol. The number of ether oxygens (including phenoxy) is 1. The average molecular weight is 388 g/mol. The molecule has 27 heavy (non-hydrogen) atoms. The lowest BCUT2D eigenvalue weighted by Gasteiger charge is -2.33. The van der Waals surface area contributed by atoms with Crippen LogP contribution in [0.25, 0.3) is 0 Å². The zero-order valence-electron chi connectivity index (χ0n) is 15.4. The minimum atomic E-state index is -0.843. The fourth-order valence-corrected chi connectivity index (χ4v) is 4.00. The van der Waals surface area contributed by atoms with Crippen LogP contribution in [-0.2, 0) is 11.4 Å². The topological polar surface area (TPSA) is 88.5 Å². The van der Waals surface area contributed by atoms with Crippen LogP contribution in [0.4, 0.5) is 0 Å². The first-order valence-electron chi connectivity index (χ1n) is 9.14. The van der Waals surface area contributed by atoms with Gasteiger partial charge in [-0.1, -0.05) is 25.3 Å². The van der Waals surface area contributed by atoms with Crippen LogP contribution < -0.4 is 10.1 Å². The molecule has 0 unspecified atom stereocenters. The van der Waals surface area contributed by atoms with Crippen molar-refractivity contribution in [1.82, 2.24) is 10.3 Å². The van der Waals surface area contributed by atoms with Gasteiger partial charge in [0.1, 0.15) is 12.4 Å². The van der Waals surface area contributed by atoms with E-state index in [1.54, 1.807) is 35.6 Å². The van der Waals surface area contributed by atoms with Crippen molar-refractivity contribution >= 4 is 23.2 Å². The normalized spacial score (nSPS) is 15.9. The molecule has 1 saturated carbocycles. The summed E-state index contributed by atoms with van der Waals surface area (Å²) in [5.74, 6) is -0.520. The number of amides is 1. The summed E-state index contributed by atoms with van der Waals surface area (Å²) < 4.78 is 5.72. The number of carbonyl (C=O) groups excluding carboxylic acids is 1. The molecule has 0 aliphatic heterocycles. The lowest BCUT2D eigenvalue weighted by Crippen LogP contribution is -2.44. The van der Waals surface area contributed by atoms with E-state index in [0.29, 0.717) is 30.8 Å². The second-order valence-electron chi connectivity index (χ2n) is 7.00. The van der Waals surface area contributed by atoms with E-state index in [2.05, 4.69) is 10.3 Å². The Labute approximate surface area is 162 Å². The van der Waals surface area contributed by atoms with Crippen molar-refractivity contribution in [2.45, 2.75) is 45.6 Å². The van der Waals surface area contributed by atoms with E-state index in [1.165, 1.54) is 0 Å². The third kappa shape index (κ3) is 4.86. The molecule has 1 amide bonds. The Morgan fingerprint density at radius 3 is 2.74 bits per heavy atom. The standard InChI is InChI=1S/C20H24N2O4S/c1-14-22-16(12-27-14)11-26-17-7-5-6-15(10-17)18(23)21-13-20(19(24)25)8-3-2-4-9-20/h5-7,10,12H,2-4,8-9,11,13H2,1H3,(H,21,23)(H,24,25). The Hall–Kier alpha value is -2.41. The third-order valence-electron chi connectivity index (χ3n) is 5.00. The van der Waals surface area contributed by atoms with Gasteiger partial charge in [0.05, 0.1) is 16.1 Å². The molecule has 2 N–H and O–H groups in total. The molecule has 1 aliphatic rings. The molecule has 1 aliphatic carbocycles. The molecule has 0 radical (unpaired) electrons. The molecule has 0 atom stereocenters. The van der Waals surface area contributed by atoms with Crippen LogP contribution in [0.2, 0.25) is 0 Å². The van der Waals surface area contributed by atoms with Gasteiger partial charge in [0.15, 0.2) is 0 Å². The van der Waals surface area contributed by atoms with Gasteiger partial charge in [0, 0.05) is 17.5 Å². The van der Waals surface area contributed by atoms with Crippen molar-refractivity contribution in [1.29, 1.82) is 0 Å². The highest BCUT2D eigenvalue weighted by molar-refractivity contribution is 7.09. The Bertz CT molecular complexity index is 812. The quantitative estimate of drug-likeness (QED) is 0.753. The molecule has 7 heteroatoms. The number of aromatic nitrogens is 1. The number of benzene rings is 1. The second-order valence-corrected chi connectivity index (χ2v) is 8.07. The molecular weight excluding hydrogens is 364 g/mol. The zero-order chi connectivity index (χ0) is 19.3. The number of hydrogen-bond donors (Lipinski definition) is 2. The molecule has 1 heterocycles. The van der Waals surface area contributed by atoms with Gasteiger partial charge < -0.3 is 15.2 Å². The van der Waals surface area contributed by atoms with Crippen LogP contribution in [0.1, 0.15) is 53.2 Å². The van der Waals surface area contributed by atoms with Crippen LogP contribution in [0.15, 0.2) is 29.6 Å². The summed E-state index contributed by atoms with van der Waals surface area (Å²) in [6.07, 6.45) is 4.06. The third-order valence-corrected chi connectivity index (χ3v) is 5.82. The first-order valence-corrected chi connectivity index (χ1v) is 10.0. The molecule has 0 bridgehead atoms. The number of thiazole rings is 1. The highest BCUT2D eigenvalue weighted by atomic mass is 32.1. The van der Waals surface area contributed by atoms with Crippen molar-refractivity contribution in [2.75, 3.05) is 6.54 Å². The van der Waals surface area contributed by atoms with Crippen molar-refractivity contribution < 1.29 is 19.4 Å². The molecule has 2 aromatic rings. The van der Waals surface area contributed by atoms with Crippen LogP contribution in [0, 0.1) is 12.3 Å². The van der Waals surface area contributed by atoms with Gasteiger partial charge in [-0.15, -0.1) is 11.3 Å². The van der Waals surface area contributed by atoms with Gasteiger partial charge in [-0.25, -0.2) is 4.98 Å². The minimum absolute atomic E-state index is 0.157. The molecule has 144 valence electrons. The summed E-state index contributed by atoms with van der Waals surface area (Å²) in [5.41, 5.74) is 0.469. The van der Waals surface area contributed by atoms with E-state index in [1.807, 2.05) is 12.3 Å². The summed E-state index contributed by atoms with van der Waals surface area (Å²) in [7, 11) is 0. The first-order chi connectivity index (χ1) is 13.0. The SMILES string of the molecule is Cc1nc(COc2cccc(C(=O)NCC3(C(=O)O)CCCCC3)c2)cs1. The first kappa shape index (κ1) is 19.4. The molecule has 6 nitrogen and oxygen atoms in total. The maximum atomic E-state index is 12.5. The molecule has 0 saturated heterocycles. The number of carbonyl (C=O) groups is 2. The van der Waals surface area contributed by atoms with Gasteiger partial charge in [-0.05, 0) is 38.0 Å². The van der Waals surface area contributed by atoms with Crippen molar-refractivity contribution in [3.05, 3.63) is 45.9 Å². The predicted octanol–water partition coefficient (Wildman–Crippen LogP) is 3.80. The highest BCUT2D eigenvalue weighted by Gasteiger charge is 2.39. The molecule has 3 rings (SSSR count). The summed E-state index contributed by atoms with van der Waals surface area (Å²) in [6.45, 7) is 2.44. The monoisotopic (exact) mass is 388 g/mol. The fourth-order valence-electron chi connectivity index (χ4n) is 3.41. The van der Waals surface area contributed by atoms with Crippen LogP contribution >= 0.6 is 11.3 Å². The number of nitrogens with one attached hydrogen (secondary N) is 1. The lowest BCUT2D eigenvalue weighted by molar-refractivity contribution is -0.150. The van der Waals surface area contributed by atoms with Crippen LogP contribution in [0.3, 0.4) is 0 Å². The second kappa shape index (κ2) is 8.52. The molecule has 1 aromatic carbocycles. The van der Waals surface area contributed by atoms with Crippen LogP contribution in [-0.4, -0.2) is 28.5 Å². The summed E-state index contributed by atoms with van der Waals surface area (Å²) >= 11 is 1.57.